The van der Waals surface area contributed by atoms with Gasteiger partial charge in [-0.3, -0.25) is 9.59 Å². The third-order valence-corrected chi connectivity index (χ3v) is 5.56. The van der Waals surface area contributed by atoms with Gasteiger partial charge >= 0.3 is 0 Å². The van der Waals surface area contributed by atoms with E-state index < -0.39 is 5.25 Å². The number of nitrogens with one attached hydrogen (secondary N) is 2. The fourth-order valence-electron chi connectivity index (χ4n) is 3.03. The third kappa shape index (κ3) is 4.07. The monoisotopic (exact) mass is 389 g/mol. The van der Waals surface area contributed by atoms with Crippen molar-refractivity contribution < 1.29 is 9.59 Å². The van der Waals surface area contributed by atoms with E-state index in [0.717, 1.165) is 27.7 Å². The Kier molecular flexibility index (Phi) is 5.12. The smallest absolute Gasteiger partial charge is 0.238 e. The summed E-state index contributed by atoms with van der Waals surface area (Å²) >= 11 is 1.27. The summed E-state index contributed by atoms with van der Waals surface area (Å²) in [5, 5.41) is 7.66. The lowest BCUT2D eigenvalue weighted by Crippen LogP contribution is -2.41. The molecule has 2 N–H and O–H groups in total. The summed E-state index contributed by atoms with van der Waals surface area (Å²) in [6, 6.07) is 21.3. The van der Waals surface area contributed by atoms with Crippen molar-refractivity contribution in [3.8, 4) is 0 Å². The number of thioether (sulfide) groups is 1. The van der Waals surface area contributed by atoms with E-state index in [2.05, 4.69) is 15.6 Å². The Morgan fingerprint density at radius 1 is 1.07 bits per heavy atom. The van der Waals surface area contributed by atoms with Crippen molar-refractivity contribution >= 4 is 50.9 Å². The van der Waals surface area contributed by atoms with Gasteiger partial charge in [-0.2, -0.15) is 0 Å². The highest BCUT2D eigenvalue weighted by Gasteiger charge is 2.30. The van der Waals surface area contributed by atoms with Crippen LogP contribution in [-0.4, -0.2) is 22.2 Å². The molecule has 1 aliphatic rings. The van der Waals surface area contributed by atoms with Crippen molar-refractivity contribution in [1.29, 1.82) is 0 Å². The number of benzene rings is 3. The molecule has 28 heavy (non-hydrogen) atoms. The maximum atomic E-state index is 12.8. The molecule has 1 fully saturated rings. The first kappa shape index (κ1) is 18.3. The van der Waals surface area contributed by atoms with Crippen LogP contribution in [0.3, 0.4) is 0 Å². The molecule has 4 rings (SSSR count). The first-order valence-corrected chi connectivity index (χ1v) is 9.87. The van der Waals surface area contributed by atoms with E-state index in [1.165, 1.54) is 11.8 Å². The zero-order valence-corrected chi connectivity index (χ0v) is 16.1. The lowest BCUT2D eigenvalue weighted by atomic mass is 10.1. The molecule has 1 saturated heterocycles. The normalized spacial score (nSPS) is 18.1. The summed E-state index contributed by atoms with van der Waals surface area (Å²) in [4.78, 5) is 29.4. The van der Waals surface area contributed by atoms with Gasteiger partial charge < -0.3 is 10.6 Å². The fraction of sp³-hybridized carbons (Fsp3) is 0.136. The zero-order chi connectivity index (χ0) is 19.5. The van der Waals surface area contributed by atoms with Crippen LogP contribution < -0.4 is 10.6 Å². The van der Waals surface area contributed by atoms with E-state index >= 15 is 0 Å². The molecule has 0 unspecified atom stereocenters. The van der Waals surface area contributed by atoms with E-state index in [1.54, 1.807) is 0 Å². The van der Waals surface area contributed by atoms with Crippen molar-refractivity contribution in [3.63, 3.8) is 0 Å². The van der Waals surface area contributed by atoms with E-state index in [-0.39, 0.29) is 18.2 Å². The molecule has 2 amide bonds. The molecular formula is C22H19N3O2S. The van der Waals surface area contributed by atoms with E-state index in [1.807, 2.05) is 73.7 Å². The van der Waals surface area contributed by atoms with Crippen LogP contribution in [0.15, 0.2) is 71.7 Å². The standard InChI is InChI=1S/C22H19N3O2S/c1-14-9-11-16(12-10-14)23-22-25-20(26)13-19(28-22)21(27)24-18-8-4-6-15-5-2-3-7-17(15)18/h2-12,19H,13H2,1H3,(H,24,27)(H,23,25,26)/t19-/m1/s1. The molecule has 1 heterocycles. The summed E-state index contributed by atoms with van der Waals surface area (Å²) in [5.41, 5.74) is 2.62. The van der Waals surface area contributed by atoms with Crippen molar-refractivity contribution in [2.45, 2.75) is 18.6 Å². The molecule has 6 heteroatoms. The Morgan fingerprint density at radius 2 is 1.82 bits per heavy atom. The summed E-state index contributed by atoms with van der Waals surface area (Å²) < 4.78 is 0. The predicted molar refractivity (Wildman–Crippen MR) is 115 cm³/mol. The number of rotatable bonds is 3. The minimum absolute atomic E-state index is 0.119. The lowest BCUT2D eigenvalue weighted by molar-refractivity contribution is -0.123. The number of nitrogens with zero attached hydrogens (tertiary/aromatic N) is 1. The predicted octanol–water partition coefficient (Wildman–Crippen LogP) is 4.40. The largest absolute Gasteiger partial charge is 0.325 e. The summed E-state index contributed by atoms with van der Waals surface area (Å²) in [6.45, 7) is 2.00. The molecule has 0 bridgehead atoms. The number of fused-ring (bicyclic) bond motifs is 1. The Balaban J connectivity index is 1.53. The summed E-state index contributed by atoms with van der Waals surface area (Å²) in [5.74, 6) is -0.407. The molecule has 3 aromatic rings. The zero-order valence-electron chi connectivity index (χ0n) is 15.3. The maximum Gasteiger partial charge on any atom is 0.238 e. The lowest BCUT2D eigenvalue weighted by Gasteiger charge is -2.22. The first-order valence-electron chi connectivity index (χ1n) is 8.99. The van der Waals surface area contributed by atoms with Crippen LogP contribution in [0.5, 0.6) is 0 Å². The van der Waals surface area contributed by atoms with Crippen molar-refractivity contribution in [2.75, 3.05) is 5.32 Å². The minimum Gasteiger partial charge on any atom is -0.325 e. The average Bonchev–Trinajstić information content (AvgIpc) is 2.69. The number of amides is 2. The highest BCUT2D eigenvalue weighted by atomic mass is 32.2. The number of aliphatic imine (C=N–C) groups is 1. The van der Waals surface area contributed by atoms with Crippen LogP contribution in [0, 0.1) is 6.92 Å². The number of amidine groups is 1. The van der Waals surface area contributed by atoms with Gasteiger partial charge in [-0.1, -0.05) is 65.9 Å². The van der Waals surface area contributed by atoms with Gasteiger partial charge in [0, 0.05) is 17.5 Å². The van der Waals surface area contributed by atoms with Crippen molar-refractivity contribution in [2.24, 2.45) is 4.99 Å². The Morgan fingerprint density at radius 3 is 2.64 bits per heavy atom. The highest BCUT2D eigenvalue weighted by Crippen LogP contribution is 2.27. The summed E-state index contributed by atoms with van der Waals surface area (Å²) in [7, 11) is 0. The van der Waals surface area contributed by atoms with Crippen molar-refractivity contribution in [1.82, 2.24) is 5.32 Å². The average molecular weight is 389 g/mol. The number of carbonyl (C=O) groups is 2. The fourth-order valence-corrected chi connectivity index (χ4v) is 4.03. The van der Waals surface area contributed by atoms with Gasteiger partial charge in [0.05, 0.1) is 5.69 Å². The Hall–Kier alpha value is -3.12. The van der Waals surface area contributed by atoms with Crippen LogP contribution in [0.2, 0.25) is 0 Å². The molecule has 1 aliphatic heterocycles. The number of carbonyl (C=O) groups excluding carboxylic acids is 2. The Bertz CT molecular complexity index is 1070. The van der Waals surface area contributed by atoms with Crippen LogP contribution >= 0.6 is 11.8 Å². The number of anilines is 1. The third-order valence-electron chi connectivity index (χ3n) is 4.48. The van der Waals surface area contributed by atoms with Crippen LogP contribution in [0.1, 0.15) is 12.0 Å². The topological polar surface area (TPSA) is 70.6 Å². The molecule has 1 atom stereocenters. The van der Waals surface area contributed by atoms with Gasteiger partial charge in [0.2, 0.25) is 11.8 Å². The first-order chi connectivity index (χ1) is 13.6. The van der Waals surface area contributed by atoms with Crippen LogP contribution in [-0.2, 0) is 9.59 Å². The van der Waals surface area contributed by atoms with Crippen LogP contribution in [0.25, 0.3) is 10.8 Å². The maximum absolute atomic E-state index is 12.8. The van der Waals surface area contributed by atoms with Crippen LogP contribution in [0.4, 0.5) is 11.4 Å². The second-order valence-corrected chi connectivity index (χ2v) is 7.82. The Labute approximate surface area is 167 Å². The molecule has 5 nitrogen and oxygen atoms in total. The van der Waals surface area contributed by atoms with Gasteiger partial charge in [-0.05, 0) is 30.5 Å². The summed E-state index contributed by atoms with van der Waals surface area (Å²) in [6.07, 6.45) is 0.119. The van der Waals surface area contributed by atoms with E-state index in [4.69, 9.17) is 0 Å². The SMILES string of the molecule is Cc1ccc(N=C2NC(=O)C[C@H](C(=O)Nc3cccc4ccccc34)S2)cc1. The number of hydrogen-bond donors (Lipinski definition) is 2. The van der Waals surface area contributed by atoms with Gasteiger partial charge in [0.15, 0.2) is 5.17 Å². The second kappa shape index (κ2) is 7.86. The van der Waals surface area contributed by atoms with Crippen molar-refractivity contribution in [3.05, 3.63) is 72.3 Å². The highest BCUT2D eigenvalue weighted by molar-refractivity contribution is 8.15. The van der Waals surface area contributed by atoms with Gasteiger partial charge in [-0.15, -0.1) is 0 Å². The molecule has 0 spiro atoms. The molecular weight excluding hydrogens is 370 g/mol. The number of aryl methyl sites for hydroxylation is 1. The molecule has 3 aromatic carbocycles. The number of hydrogen-bond acceptors (Lipinski definition) is 4. The second-order valence-electron chi connectivity index (χ2n) is 6.63. The molecule has 0 saturated carbocycles. The van der Waals surface area contributed by atoms with E-state index in [9.17, 15) is 9.59 Å². The quantitative estimate of drug-likeness (QED) is 0.698. The molecule has 0 aromatic heterocycles. The molecule has 0 radical (unpaired) electrons. The van der Waals surface area contributed by atoms with E-state index in [0.29, 0.717) is 5.17 Å². The van der Waals surface area contributed by atoms with Gasteiger partial charge in [-0.25, -0.2) is 4.99 Å². The van der Waals surface area contributed by atoms with Gasteiger partial charge in [0.25, 0.3) is 0 Å². The minimum atomic E-state index is -0.531. The molecule has 0 aliphatic carbocycles. The molecule has 140 valence electrons. The van der Waals surface area contributed by atoms with Gasteiger partial charge in [0.1, 0.15) is 5.25 Å².